The second-order valence-corrected chi connectivity index (χ2v) is 6.54. The van der Waals surface area contributed by atoms with Crippen LogP contribution >= 0.6 is 0 Å². The van der Waals surface area contributed by atoms with E-state index in [0.717, 1.165) is 25.1 Å². The van der Waals surface area contributed by atoms with Crippen molar-refractivity contribution in [2.75, 3.05) is 26.2 Å². The van der Waals surface area contributed by atoms with E-state index < -0.39 is 6.10 Å². The highest BCUT2D eigenvalue weighted by Gasteiger charge is 2.40. The Morgan fingerprint density at radius 2 is 2.12 bits per heavy atom. The number of para-hydroxylation sites is 1. The van der Waals surface area contributed by atoms with Crippen LogP contribution in [-0.2, 0) is 9.59 Å². The molecule has 136 valence electrons. The molecule has 0 radical (unpaired) electrons. The van der Waals surface area contributed by atoms with E-state index in [0.29, 0.717) is 19.7 Å². The third-order valence-electron chi connectivity index (χ3n) is 4.80. The lowest BCUT2D eigenvalue weighted by atomic mass is 10.1. The van der Waals surface area contributed by atoms with E-state index in [1.54, 1.807) is 0 Å². The fourth-order valence-corrected chi connectivity index (χ4v) is 3.51. The Labute approximate surface area is 147 Å². The molecule has 7 heteroatoms. The van der Waals surface area contributed by atoms with E-state index >= 15 is 0 Å². The first kappa shape index (κ1) is 17.7. The zero-order valence-electron chi connectivity index (χ0n) is 14.2. The number of amides is 2. The van der Waals surface area contributed by atoms with Crippen LogP contribution in [0.15, 0.2) is 30.3 Å². The van der Waals surface area contributed by atoms with Gasteiger partial charge < -0.3 is 20.5 Å². The molecule has 7 nitrogen and oxygen atoms in total. The van der Waals surface area contributed by atoms with Crippen molar-refractivity contribution in [1.82, 2.24) is 15.5 Å². The fraction of sp³-hybridized carbons (Fsp3) is 0.556. The first-order chi connectivity index (χ1) is 12.1. The number of aliphatic hydroxyl groups is 1. The molecule has 2 fully saturated rings. The molecule has 3 rings (SSSR count). The number of aliphatic hydroxyl groups excluding tert-OH is 1. The zero-order valence-corrected chi connectivity index (χ0v) is 14.2. The molecule has 2 amide bonds. The summed E-state index contributed by atoms with van der Waals surface area (Å²) < 4.78 is 5.52. The molecule has 3 N–H and O–H groups in total. The van der Waals surface area contributed by atoms with Crippen LogP contribution in [0.1, 0.15) is 19.3 Å². The lowest BCUT2D eigenvalue weighted by molar-refractivity contribution is -0.126. The second kappa shape index (κ2) is 8.31. The minimum absolute atomic E-state index is 0.0102. The fourth-order valence-electron chi connectivity index (χ4n) is 3.51. The summed E-state index contributed by atoms with van der Waals surface area (Å²) in [4.78, 5) is 25.6. The Bertz CT molecular complexity index is 595. The summed E-state index contributed by atoms with van der Waals surface area (Å²) in [5.41, 5.74) is 0. The van der Waals surface area contributed by atoms with Gasteiger partial charge in [-0.3, -0.25) is 14.5 Å². The first-order valence-electron chi connectivity index (χ1n) is 8.79. The van der Waals surface area contributed by atoms with Crippen LogP contribution in [0.2, 0.25) is 0 Å². The van der Waals surface area contributed by atoms with E-state index in [2.05, 4.69) is 10.6 Å². The van der Waals surface area contributed by atoms with Gasteiger partial charge in [0.2, 0.25) is 11.8 Å². The number of rotatable bonds is 6. The Kier molecular flexibility index (Phi) is 5.88. The van der Waals surface area contributed by atoms with Crippen LogP contribution in [-0.4, -0.2) is 66.2 Å². The topological polar surface area (TPSA) is 90.9 Å². The predicted molar refractivity (Wildman–Crippen MR) is 92.1 cm³/mol. The molecule has 1 aromatic rings. The SMILES string of the molecule is O=C1CN([C@@H]2CC[C@@H](NC(=O)CCOc3ccccc3)[C@H]2O)CCN1. The highest BCUT2D eigenvalue weighted by Crippen LogP contribution is 2.25. The number of hydrogen-bond donors (Lipinski definition) is 3. The summed E-state index contributed by atoms with van der Waals surface area (Å²) in [6.45, 7) is 1.96. The molecular weight excluding hydrogens is 322 g/mol. The summed E-state index contributed by atoms with van der Waals surface area (Å²) in [5.74, 6) is 0.598. The number of benzene rings is 1. The van der Waals surface area contributed by atoms with Crippen LogP contribution in [0, 0.1) is 0 Å². The number of ether oxygens (including phenoxy) is 1. The van der Waals surface area contributed by atoms with Gasteiger partial charge in [-0.15, -0.1) is 0 Å². The van der Waals surface area contributed by atoms with Gasteiger partial charge in [0.15, 0.2) is 0 Å². The number of nitrogens with one attached hydrogen (secondary N) is 2. The standard InChI is InChI=1S/C18H25N3O4/c22-16(8-11-25-13-4-2-1-3-5-13)20-14-6-7-15(18(14)24)21-10-9-19-17(23)12-21/h1-5,14-15,18,24H,6-12H2,(H,19,23)(H,20,22)/t14-,15-,18-/m1/s1. The molecule has 2 aliphatic rings. The van der Waals surface area contributed by atoms with Crippen molar-refractivity contribution in [1.29, 1.82) is 0 Å². The molecule has 3 atom stereocenters. The van der Waals surface area contributed by atoms with Gasteiger partial charge in [0.1, 0.15) is 5.75 Å². The van der Waals surface area contributed by atoms with Gasteiger partial charge in [0.25, 0.3) is 0 Å². The van der Waals surface area contributed by atoms with Crippen molar-refractivity contribution < 1.29 is 19.4 Å². The number of nitrogens with zero attached hydrogens (tertiary/aromatic N) is 1. The second-order valence-electron chi connectivity index (χ2n) is 6.54. The van der Waals surface area contributed by atoms with Crippen molar-refractivity contribution in [3.8, 4) is 5.75 Å². The quantitative estimate of drug-likeness (QED) is 0.668. The summed E-state index contributed by atoms with van der Waals surface area (Å²) >= 11 is 0. The highest BCUT2D eigenvalue weighted by atomic mass is 16.5. The van der Waals surface area contributed by atoms with Gasteiger partial charge in [-0.2, -0.15) is 0 Å². The number of hydrogen-bond acceptors (Lipinski definition) is 5. The van der Waals surface area contributed by atoms with Crippen LogP contribution in [0.4, 0.5) is 0 Å². The van der Waals surface area contributed by atoms with Crippen molar-refractivity contribution in [3.63, 3.8) is 0 Å². The predicted octanol–water partition coefficient (Wildman–Crippen LogP) is -0.105. The minimum Gasteiger partial charge on any atom is -0.493 e. The largest absolute Gasteiger partial charge is 0.493 e. The van der Waals surface area contributed by atoms with Gasteiger partial charge >= 0.3 is 0 Å². The van der Waals surface area contributed by atoms with Crippen LogP contribution in [0.25, 0.3) is 0 Å². The third-order valence-corrected chi connectivity index (χ3v) is 4.80. The molecule has 0 bridgehead atoms. The summed E-state index contributed by atoms with van der Waals surface area (Å²) in [7, 11) is 0. The number of piperazine rings is 1. The Morgan fingerprint density at radius 3 is 2.88 bits per heavy atom. The van der Waals surface area contributed by atoms with Crippen LogP contribution in [0.5, 0.6) is 5.75 Å². The lowest BCUT2D eigenvalue weighted by Gasteiger charge is -2.34. The minimum atomic E-state index is -0.648. The smallest absolute Gasteiger partial charge is 0.234 e. The van der Waals surface area contributed by atoms with Crippen molar-refractivity contribution >= 4 is 11.8 Å². The van der Waals surface area contributed by atoms with Gasteiger partial charge in [-0.25, -0.2) is 0 Å². The van der Waals surface area contributed by atoms with Crippen molar-refractivity contribution in [2.24, 2.45) is 0 Å². The number of carbonyl (C=O) groups is 2. The molecule has 0 aromatic heterocycles. The van der Waals surface area contributed by atoms with Gasteiger partial charge in [0, 0.05) is 19.1 Å². The maximum absolute atomic E-state index is 12.1. The summed E-state index contributed by atoms with van der Waals surface area (Å²) in [5, 5.41) is 16.2. The van der Waals surface area contributed by atoms with Crippen LogP contribution in [0.3, 0.4) is 0 Å². The Morgan fingerprint density at radius 1 is 1.32 bits per heavy atom. The van der Waals surface area contributed by atoms with Gasteiger partial charge in [-0.1, -0.05) is 18.2 Å². The molecular formula is C18H25N3O4. The molecule has 1 aromatic carbocycles. The monoisotopic (exact) mass is 347 g/mol. The molecule has 0 spiro atoms. The third kappa shape index (κ3) is 4.70. The molecule has 1 saturated carbocycles. The number of carbonyl (C=O) groups excluding carboxylic acids is 2. The summed E-state index contributed by atoms with van der Waals surface area (Å²) in [6.07, 6.45) is 1.09. The van der Waals surface area contributed by atoms with E-state index in [-0.39, 0.29) is 30.3 Å². The highest BCUT2D eigenvalue weighted by molar-refractivity contribution is 5.78. The normalized spacial score (nSPS) is 26.9. The van der Waals surface area contributed by atoms with E-state index in [1.165, 1.54) is 0 Å². The van der Waals surface area contributed by atoms with Gasteiger partial charge in [-0.05, 0) is 25.0 Å². The average molecular weight is 347 g/mol. The molecule has 1 aliphatic carbocycles. The molecule has 1 saturated heterocycles. The average Bonchev–Trinajstić information content (AvgIpc) is 2.96. The molecule has 25 heavy (non-hydrogen) atoms. The van der Waals surface area contributed by atoms with Gasteiger partial charge in [0.05, 0.1) is 31.7 Å². The maximum Gasteiger partial charge on any atom is 0.234 e. The molecule has 1 aliphatic heterocycles. The lowest BCUT2D eigenvalue weighted by Crippen LogP contribution is -2.55. The van der Waals surface area contributed by atoms with E-state index in [1.807, 2.05) is 35.2 Å². The molecule has 0 unspecified atom stereocenters. The first-order valence-corrected chi connectivity index (χ1v) is 8.79. The molecule has 1 heterocycles. The summed E-state index contributed by atoms with van der Waals surface area (Å²) in [6, 6.07) is 9.02. The Balaban J connectivity index is 1.42. The zero-order chi connectivity index (χ0) is 17.6. The van der Waals surface area contributed by atoms with Crippen molar-refractivity contribution in [2.45, 2.75) is 37.5 Å². The van der Waals surface area contributed by atoms with E-state index in [9.17, 15) is 14.7 Å². The van der Waals surface area contributed by atoms with E-state index in [4.69, 9.17) is 4.74 Å². The Hall–Kier alpha value is -2.12. The van der Waals surface area contributed by atoms with Crippen molar-refractivity contribution in [3.05, 3.63) is 30.3 Å². The maximum atomic E-state index is 12.1. The van der Waals surface area contributed by atoms with Crippen LogP contribution < -0.4 is 15.4 Å².